The van der Waals surface area contributed by atoms with Crippen LogP contribution >= 0.6 is 11.6 Å². The van der Waals surface area contributed by atoms with E-state index in [1.54, 1.807) is 0 Å². The average Bonchev–Trinajstić information content (AvgIpc) is 2.63. The second-order valence-corrected chi connectivity index (χ2v) is 4.47. The van der Waals surface area contributed by atoms with Gasteiger partial charge in [-0.3, -0.25) is 0 Å². The lowest BCUT2D eigenvalue weighted by molar-refractivity contribution is 0.686. The average molecular weight is 250 g/mol. The van der Waals surface area contributed by atoms with Crippen molar-refractivity contribution in [3.8, 4) is 0 Å². The highest BCUT2D eigenvalue weighted by Crippen LogP contribution is 2.19. The smallest absolute Gasteiger partial charge is 0.207 e. The van der Waals surface area contributed by atoms with E-state index < -0.39 is 0 Å². The highest BCUT2D eigenvalue weighted by molar-refractivity contribution is 6.30. The number of anilines is 2. The summed E-state index contributed by atoms with van der Waals surface area (Å²) in [5.74, 6) is 0.881. The van der Waals surface area contributed by atoms with Crippen LogP contribution in [0.15, 0.2) is 30.5 Å². The third-order valence-corrected chi connectivity index (χ3v) is 2.71. The van der Waals surface area contributed by atoms with E-state index in [4.69, 9.17) is 11.6 Å². The van der Waals surface area contributed by atoms with Gasteiger partial charge in [-0.2, -0.15) is 0 Å². The van der Waals surface area contributed by atoms with Gasteiger partial charge < -0.3 is 9.88 Å². The summed E-state index contributed by atoms with van der Waals surface area (Å²) in [5, 5.41) is 4.04. The predicted molar refractivity (Wildman–Crippen MR) is 72.0 cm³/mol. The van der Waals surface area contributed by atoms with Crippen LogP contribution in [0.3, 0.4) is 0 Å². The summed E-state index contributed by atoms with van der Waals surface area (Å²) >= 11 is 5.85. The molecule has 90 valence electrons. The fourth-order valence-corrected chi connectivity index (χ4v) is 1.85. The van der Waals surface area contributed by atoms with E-state index in [0.717, 1.165) is 35.3 Å². The largest absolute Gasteiger partial charge is 0.326 e. The van der Waals surface area contributed by atoms with Gasteiger partial charge in [0.2, 0.25) is 5.95 Å². The summed E-state index contributed by atoms with van der Waals surface area (Å²) in [6, 6.07) is 7.62. The van der Waals surface area contributed by atoms with Crippen molar-refractivity contribution in [1.29, 1.82) is 0 Å². The molecule has 0 saturated heterocycles. The van der Waals surface area contributed by atoms with Crippen LogP contribution in [0.2, 0.25) is 5.02 Å². The molecule has 0 spiro atoms. The van der Waals surface area contributed by atoms with Gasteiger partial charge in [0.1, 0.15) is 0 Å². The second kappa shape index (κ2) is 5.23. The Balaban J connectivity index is 2.20. The number of benzene rings is 1. The summed E-state index contributed by atoms with van der Waals surface area (Å²) in [6.45, 7) is 5.12. The quantitative estimate of drug-likeness (QED) is 0.888. The van der Waals surface area contributed by atoms with Crippen molar-refractivity contribution in [3.63, 3.8) is 0 Å². The van der Waals surface area contributed by atoms with Crippen LogP contribution < -0.4 is 5.32 Å². The Morgan fingerprint density at radius 2 is 2.00 bits per heavy atom. The van der Waals surface area contributed by atoms with E-state index in [1.165, 1.54) is 0 Å². The summed E-state index contributed by atoms with van der Waals surface area (Å²) in [6.07, 6.45) is 3.15. The first-order chi connectivity index (χ1) is 8.19. The van der Waals surface area contributed by atoms with Gasteiger partial charge in [-0.1, -0.05) is 18.5 Å². The molecule has 0 aliphatic carbocycles. The molecule has 0 aliphatic rings. The van der Waals surface area contributed by atoms with Gasteiger partial charge in [-0.05, 0) is 37.6 Å². The number of hydrogen-bond donors (Lipinski definition) is 1. The third kappa shape index (κ3) is 3.01. The summed E-state index contributed by atoms with van der Waals surface area (Å²) in [5.41, 5.74) is 2.02. The number of nitrogens with one attached hydrogen (secondary N) is 1. The van der Waals surface area contributed by atoms with Gasteiger partial charge in [0, 0.05) is 23.5 Å². The minimum atomic E-state index is 0.739. The van der Waals surface area contributed by atoms with E-state index in [9.17, 15) is 0 Å². The third-order valence-electron chi connectivity index (χ3n) is 2.46. The fourth-order valence-electron chi connectivity index (χ4n) is 1.72. The molecule has 0 bridgehead atoms. The molecule has 3 nitrogen and oxygen atoms in total. The Hall–Kier alpha value is -1.48. The second-order valence-electron chi connectivity index (χ2n) is 4.03. The van der Waals surface area contributed by atoms with Crippen LogP contribution in [0, 0.1) is 6.92 Å². The van der Waals surface area contributed by atoms with E-state index in [1.807, 2.05) is 31.2 Å². The molecule has 0 aliphatic heterocycles. The van der Waals surface area contributed by atoms with Crippen molar-refractivity contribution in [3.05, 3.63) is 41.2 Å². The van der Waals surface area contributed by atoms with Crippen LogP contribution in [0.1, 0.15) is 19.0 Å². The number of aromatic nitrogens is 2. The zero-order valence-corrected chi connectivity index (χ0v) is 10.8. The number of imidazole rings is 1. The van der Waals surface area contributed by atoms with Crippen molar-refractivity contribution in [2.24, 2.45) is 0 Å². The molecule has 1 aromatic heterocycles. The minimum Gasteiger partial charge on any atom is -0.326 e. The van der Waals surface area contributed by atoms with Gasteiger partial charge in [0.05, 0.1) is 5.69 Å². The molecule has 0 amide bonds. The Labute approximate surface area is 106 Å². The lowest BCUT2D eigenvalue weighted by atomic mass is 10.3. The molecule has 1 N–H and O–H groups in total. The number of halogens is 1. The highest BCUT2D eigenvalue weighted by Gasteiger charge is 2.04. The predicted octanol–water partition coefficient (Wildman–Crippen LogP) is 4.00. The minimum absolute atomic E-state index is 0.739. The van der Waals surface area contributed by atoms with Crippen LogP contribution in [-0.4, -0.2) is 9.55 Å². The first-order valence-corrected chi connectivity index (χ1v) is 6.13. The normalized spacial score (nSPS) is 10.5. The molecule has 1 aromatic carbocycles. The summed E-state index contributed by atoms with van der Waals surface area (Å²) < 4.78 is 2.13. The molecule has 2 rings (SSSR count). The number of aryl methyl sites for hydroxylation is 2. The molecular weight excluding hydrogens is 234 g/mol. The monoisotopic (exact) mass is 249 g/mol. The van der Waals surface area contributed by atoms with Crippen molar-refractivity contribution in [2.45, 2.75) is 26.8 Å². The molecular formula is C13H16ClN3. The van der Waals surface area contributed by atoms with Crippen LogP contribution in [0.4, 0.5) is 11.6 Å². The number of hydrogen-bond acceptors (Lipinski definition) is 2. The maximum atomic E-state index is 5.85. The van der Waals surface area contributed by atoms with Gasteiger partial charge in [-0.15, -0.1) is 0 Å². The molecule has 0 atom stereocenters. The molecule has 0 fully saturated rings. The molecule has 0 saturated carbocycles. The Bertz CT molecular complexity index is 488. The van der Waals surface area contributed by atoms with Gasteiger partial charge in [0.15, 0.2) is 0 Å². The van der Waals surface area contributed by atoms with Crippen LogP contribution in [0.5, 0.6) is 0 Å². The summed E-state index contributed by atoms with van der Waals surface area (Å²) in [7, 11) is 0. The highest BCUT2D eigenvalue weighted by atomic mass is 35.5. The van der Waals surface area contributed by atoms with Crippen LogP contribution in [0.25, 0.3) is 0 Å². The van der Waals surface area contributed by atoms with Gasteiger partial charge >= 0.3 is 0 Å². The SMILES string of the molecule is CCCn1cc(C)nc1Nc1ccc(Cl)cc1. The Kier molecular flexibility index (Phi) is 3.69. The topological polar surface area (TPSA) is 29.9 Å². The number of rotatable bonds is 4. The molecule has 0 unspecified atom stereocenters. The van der Waals surface area contributed by atoms with E-state index in [-0.39, 0.29) is 0 Å². The lowest BCUT2D eigenvalue weighted by Crippen LogP contribution is -2.02. The fraction of sp³-hybridized carbons (Fsp3) is 0.308. The lowest BCUT2D eigenvalue weighted by Gasteiger charge is -2.08. The van der Waals surface area contributed by atoms with Crippen molar-refractivity contribution in [2.75, 3.05) is 5.32 Å². The molecule has 1 heterocycles. The van der Waals surface area contributed by atoms with Gasteiger partial charge in [0.25, 0.3) is 0 Å². The Morgan fingerprint density at radius 1 is 1.29 bits per heavy atom. The molecule has 17 heavy (non-hydrogen) atoms. The van der Waals surface area contributed by atoms with E-state index in [2.05, 4.69) is 28.0 Å². The van der Waals surface area contributed by atoms with Crippen LogP contribution in [-0.2, 0) is 6.54 Å². The van der Waals surface area contributed by atoms with Crippen molar-refractivity contribution >= 4 is 23.2 Å². The van der Waals surface area contributed by atoms with Crippen molar-refractivity contribution < 1.29 is 0 Å². The maximum Gasteiger partial charge on any atom is 0.207 e. The zero-order valence-electron chi connectivity index (χ0n) is 10.1. The first-order valence-electron chi connectivity index (χ1n) is 5.75. The first kappa shape index (κ1) is 12.0. The molecule has 4 heteroatoms. The van der Waals surface area contributed by atoms with E-state index in [0.29, 0.717) is 0 Å². The Morgan fingerprint density at radius 3 is 2.65 bits per heavy atom. The number of nitrogens with zero attached hydrogens (tertiary/aromatic N) is 2. The molecule has 0 radical (unpaired) electrons. The van der Waals surface area contributed by atoms with Crippen molar-refractivity contribution in [1.82, 2.24) is 9.55 Å². The van der Waals surface area contributed by atoms with Gasteiger partial charge in [-0.25, -0.2) is 4.98 Å². The summed E-state index contributed by atoms with van der Waals surface area (Å²) in [4.78, 5) is 4.47. The zero-order chi connectivity index (χ0) is 12.3. The van der Waals surface area contributed by atoms with E-state index >= 15 is 0 Å². The maximum absolute atomic E-state index is 5.85. The standard InChI is InChI=1S/C13H16ClN3/c1-3-8-17-9-10(2)15-13(17)16-12-6-4-11(14)5-7-12/h4-7,9H,3,8H2,1-2H3,(H,15,16). The molecule has 2 aromatic rings.